The average Bonchev–Trinajstić information content (AvgIpc) is 3.24. The second kappa shape index (κ2) is 19.4. The first-order valence-corrected chi connectivity index (χ1v) is 21.7. The van der Waals surface area contributed by atoms with Gasteiger partial charge in [0.1, 0.15) is 11.6 Å². The predicted octanol–water partition coefficient (Wildman–Crippen LogP) is 6.79. The molecule has 0 atom stereocenters. The number of carbonyl (C=O) groups is 4. The van der Waals surface area contributed by atoms with E-state index in [0.717, 1.165) is 0 Å². The number of ether oxygens (including phenoxy) is 2. The molecule has 19 heteroatoms. The molecular weight excluding hydrogens is 913 g/mol. The molecule has 14 nitrogen and oxygen atoms in total. The van der Waals surface area contributed by atoms with Crippen LogP contribution in [0.3, 0.4) is 0 Å². The largest absolute Gasteiger partial charge is 0.503 e. The van der Waals surface area contributed by atoms with Gasteiger partial charge in [-0.3, -0.25) is 28.8 Å². The summed E-state index contributed by atoms with van der Waals surface area (Å²) in [5.41, 5.74) is -2.87. The number of aromatic hydroxyl groups is 2. The molecule has 0 saturated heterocycles. The van der Waals surface area contributed by atoms with Gasteiger partial charge in [0.05, 0.1) is 44.5 Å². The van der Waals surface area contributed by atoms with Crippen molar-refractivity contribution in [2.24, 2.45) is 0 Å². The molecule has 2 aliphatic heterocycles. The maximum atomic E-state index is 14.1. The van der Waals surface area contributed by atoms with Gasteiger partial charge < -0.3 is 38.6 Å². The fourth-order valence-electron chi connectivity index (χ4n) is 9.70. The number of halogens is 5. The maximum absolute atomic E-state index is 14.1. The molecule has 65 heavy (non-hydrogen) atoms. The lowest BCUT2D eigenvalue weighted by molar-refractivity contribution is -0.0915. The van der Waals surface area contributed by atoms with E-state index < -0.39 is 68.4 Å². The van der Waals surface area contributed by atoms with Crippen LogP contribution in [0.1, 0.15) is 105 Å². The zero-order valence-corrected chi connectivity index (χ0v) is 38.5. The van der Waals surface area contributed by atoms with Crippen LogP contribution in [0.15, 0.2) is 58.4 Å². The molecule has 2 fully saturated rings. The molecule has 2 saturated carbocycles. The van der Waals surface area contributed by atoms with Crippen LogP contribution in [0.4, 0.5) is 8.78 Å². The minimum absolute atomic E-state index is 0. The van der Waals surface area contributed by atoms with Crippen molar-refractivity contribution in [1.29, 1.82) is 0 Å². The highest BCUT2D eigenvalue weighted by atomic mass is 35.5. The standard InChI is InChI=1S/2C23H24ClFN2O5.ClH/c2*1-3-27-22(31)19-21(30)20(29)15(11-26(19)12-23(27)9-14(10-23)32-2)17(28)8-7-13-5-4-6-16(24)18(13)25;/h2*4-6,11,14,30H,3,7-10,12H2,1-2H3;1H. The average molecular weight is 962 g/mol. The molecule has 8 rings (SSSR count). The first-order valence-electron chi connectivity index (χ1n) is 21.0. The third-order valence-electron chi connectivity index (χ3n) is 13.1. The minimum atomic E-state index is -0.892. The smallest absolute Gasteiger partial charge is 0.275 e. The molecule has 2 spiro atoms. The van der Waals surface area contributed by atoms with E-state index in [0.29, 0.717) is 51.9 Å². The highest BCUT2D eigenvalue weighted by Crippen LogP contribution is 2.46. The molecule has 4 aromatic rings. The van der Waals surface area contributed by atoms with Crippen molar-refractivity contribution >= 4 is 59.0 Å². The first-order chi connectivity index (χ1) is 30.4. The van der Waals surface area contributed by atoms with E-state index in [9.17, 15) is 47.8 Å². The molecule has 2 N–H and O–H groups in total. The Balaban J connectivity index is 0.000000212. The number of ketones is 2. The maximum Gasteiger partial charge on any atom is 0.275 e. The molecule has 4 aliphatic rings. The fraction of sp³-hybridized carbons (Fsp3) is 0.435. The Bertz CT molecular complexity index is 2500. The Labute approximate surface area is 389 Å². The van der Waals surface area contributed by atoms with E-state index in [1.165, 1.54) is 45.8 Å². The molecule has 2 aliphatic carbocycles. The summed E-state index contributed by atoms with van der Waals surface area (Å²) in [7, 11) is 3.24. The second-order valence-electron chi connectivity index (χ2n) is 16.7. The number of aryl methyl sites for hydroxylation is 2. The number of methoxy groups -OCH3 is 2. The summed E-state index contributed by atoms with van der Waals surface area (Å²) < 4.78 is 42.0. The number of fused-ring (bicyclic) bond motifs is 2. The van der Waals surface area contributed by atoms with Crippen LogP contribution in [0.2, 0.25) is 10.0 Å². The zero-order chi connectivity index (χ0) is 46.4. The molecule has 2 aromatic carbocycles. The van der Waals surface area contributed by atoms with Crippen LogP contribution in [-0.2, 0) is 35.4 Å². The van der Waals surface area contributed by atoms with Gasteiger partial charge in [-0.25, -0.2) is 8.78 Å². The lowest BCUT2D eigenvalue weighted by atomic mass is 9.71. The SMILES string of the molecule is CCN1C(=O)c2c(O)c(=O)c(C(=O)CCc3cccc(Cl)c3F)cn2CC12CC(OC)C2.CCN1C(=O)c2c(O)c(=O)c(C(=O)CCc3cccc(Cl)c3F)cn2CC12CC(OC)C2.Cl. The highest BCUT2D eigenvalue weighted by Gasteiger charge is 2.55. The summed E-state index contributed by atoms with van der Waals surface area (Å²) in [5, 5.41) is 21.0. The number of rotatable bonds is 12. The monoisotopic (exact) mass is 960 g/mol. The number of nitrogens with zero attached hydrogens (tertiary/aromatic N) is 4. The highest BCUT2D eigenvalue weighted by molar-refractivity contribution is 6.31. The quantitative estimate of drug-likeness (QED) is 0.144. The van der Waals surface area contributed by atoms with Crippen LogP contribution in [-0.4, -0.2) is 103 Å². The Hall–Kier alpha value is -5.13. The van der Waals surface area contributed by atoms with E-state index >= 15 is 0 Å². The first kappa shape index (κ1) is 49.3. The third kappa shape index (κ3) is 8.83. The van der Waals surface area contributed by atoms with Crippen molar-refractivity contribution in [3.8, 4) is 11.5 Å². The van der Waals surface area contributed by atoms with E-state index in [4.69, 9.17) is 32.7 Å². The minimum Gasteiger partial charge on any atom is -0.503 e. The van der Waals surface area contributed by atoms with Crippen molar-refractivity contribution in [1.82, 2.24) is 18.9 Å². The summed E-state index contributed by atoms with van der Waals surface area (Å²) in [5.74, 6) is -4.62. The van der Waals surface area contributed by atoms with Gasteiger partial charge in [-0.1, -0.05) is 47.5 Å². The number of Topliss-reactive ketones (excluding diaryl/α,β-unsaturated/α-hetero) is 2. The number of benzene rings is 2. The number of likely N-dealkylation sites (N-methyl/N-ethyl adjacent to an activating group) is 2. The van der Waals surface area contributed by atoms with Gasteiger partial charge in [-0.05, 0) is 75.6 Å². The summed E-state index contributed by atoms with van der Waals surface area (Å²) >= 11 is 11.6. The number of amides is 2. The molecule has 0 unspecified atom stereocenters. The van der Waals surface area contributed by atoms with Gasteiger partial charge in [0.25, 0.3) is 11.8 Å². The van der Waals surface area contributed by atoms with Crippen LogP contribution < -0.4 is 10.9 Å². The van der Waals surface area contributed by atoms with Gasteiger partial charge in [0.15, 0.2) is 34.5 Å². The van der Waals surface area contributed by atoms with Gasteiger partial charge in [-0.2, -0.15) is 0 Å². The molecule has 0 bridgehead atoms. The van der Waals surface area contributed by atoms with Crippen LogP contribution in [0.25, 0.3) is 0 Å². The van der Waals surface area contributed by atoms with Crippen LogP contribution >= 0.6 is 35.6 Å². The number of pyridine rings is 2. The predicted molar refractivity (Wildman–Crippen MR) is 239 cm³/mol. The van der Waals surface area contributed by atoms with E-state index in [1.54, 1.807) is 36.2 Å². The van der Waals surface area contributed by atoms with Crippen molar-refractivity contribution in [3.63, 3.8) is 0 Å². The summed E-state index contributed by atoms with van der Waals surface area (Å²) in [6.45, 7) is 5.23. The molecule has 2 amide bonds. The van der Waals surface area contributed by atoms with Crippen molar-refractivity contribution < 1.29 is 47.6 Å². The third-order valence-corrected chi connectivity index (χ3v) is 13.7. The summed E-state index contributed by atoms with van der Waals surface area (Å²) in [6, 6.07) is 9.04. The van der Waals surface area contributed by atoms with E-state index in [2.05, 4.69) is 0 Å². The molecular formula is C46H49Cl3F2N4O10. The van der Waals surface area contributed by atoms with E-state index in [-0.39, 0.29) is 94.0 Å². The molecule has 348 valence electrons. The second-order valence-corrected chi connectivity index (χ2v) is 17.6. The normalized spacial score (nSPS) is 21.7. The number of hydrogen-bond acceptors (Lipinski definition) is 10. The number of hydrogen-bond donors (Lipinski definition) is 2. The van der Waals surface area contributed by atoms with Gasteiger partial charge in [0.2, 0.25) is 10.9 Å². The van der Waals surface area contributed by atoms with Gasteiger partial charge >= 0.3 is 0 Å². The Morgan fingerprint density at radius 1 is 0.677 bits per heavy atom. The Morgan fingerprint density at radius 2 is 1.03 bits per heavy atom. The van der Waals surface area contributed by atoms with Crippen molar-refractivity contribution in [2.45, 2.75) is 102 Å². The number of aromatic nitrogens is 2. The molecule has 0 radical (unpaired) electrons. The zero-order valence-electron chi connectivity index (χ0n) is 36.1. The van der Waals surface area contributed by atoms with Crippen molar-refractivity contribution in [2.75, 3.05) is 27.3 Å². The summed E-state index contributed by atoms with van der Waals surface area (Å²) in [4.78, 5) is 80.7. The lowest BCUT2D eigenvalue weighted by Gasteiger charge is -2.56. The van der Waals surface area contributed by atoms with E-state index in [1.807, 2.05) is 13.8 Å². The van der Waals surface area contributed by atoms with Crippen molar-refractivity contribution in [3.05, 3.63) is 125 Å². The van der Waals surface area contributed by atoms with Gasteiger partial charge in [0, 0.05) is 65.6 Å². The summed E-state index contributed by atoms with van der Waals surface area (Å²) in [6.07, 6.45) is 5.10. The lowest BCUT2D eigenvalue weighted by Crippen LogP contribution is -2.66. The van der Waals surface area contributed by atoms with Crippen LogP contribution in [0.5, 0.6) is 11.5 Å². The fourth-order valence-corrected chi connectivity index (χ4v) is 10.1. The van der Waals surface area contributed by atoms with Gasteiger partial charge in [-0.15, -0.1) is 12.4 Å². The topological polar surface area (TPSA) is 178 Å². The number of carbonyl (C=O) groups excluding carboxylic acids is 4. The Morgan fingerprint density at radius 3 is 1.35 bits per heavy atom. The van der Waals surface area contributed by atoms with Crippen LogP contribution in [0, 0.1) is 11.6 Å². The molecule has 4 heterocycles. The molecule has 2 aromatic heterocycles. The Kier molecular flexibility index (Phi) is 14.7.